The Hall–Kier alpha value is -1.89. The van der Waals surface area contributed by atoms with Gasteiger partial charge in [0.05, 0.1) is 50.3 Å². The molecule has 0 radical (unpaired) electrons. The standard InChI is InChI=1S/C55H90O23/c1-24(2)29(59)14-17-54(9,68)46-32(73-26(4)58)19-53(8)28-11-12-34-51(5,6)35(15-16-52(34,7)27(28)13-18-55(46,53)23-57)75-50-45(36(62)30(60)21-71-50)78-48-39(65)38(64)42(25(3)72-48)76-49-41(67)44(37(63)33(20-56)74-49)77-47-40(66)43(69-10)31(61)22-70-47/h11,25,27,29-50,56-57,59-68H,1,12-23H2,2-10H3. The average molecular weight is 1120 g/mol. The second-order valence-corrected chi connectivity index (χ2v) is 25.2. The molecule has 0 spiro atoms. The van der Waals surface area contributed by atoms with Gasteiger partial charge in [-0.1, -0.05) is 51.5 Å². The molecule has 23 heteroatoms. The van der Waals surface area contributed by atoms with Gasteiger partial charge < -0.3 is 109 Å². The molecule has 4 saturated heterocycles. The van der Waals surface area contributed by atoms with Gasteiger partial charge in [0.25, 0.3) is 0 Å². The lowest BCUT2D eigenvalue weighted by Gasteiger charge is -2.65. The minimum absolute atomic E-state index is 0.0412. The molecule has 0 amide bonds. The van der Waals surface area contributed by atoms with E-state index in [4.69, 9.17) is 47.4 Å². The lowest BCUT2D eigenvalue weighted by Crippen LogP contribution is -2.66. The number of fused-ring (bicyclic) bond motifs is 5. The van der Waals surface area contributed by atoms with Crippen LogP contribution in [0.4, 0.5) is 0 Å². The molecule has 0 aromatic rings. The molecular weight excluding hydrogens is 1030 g/mol. The highest BCUT2D eigenvalue weighted by atomic mass is 16.8. The number of aliphatic hydroxyl groups is 12. The van der Waals surface area contributed by atoms with E-state index in [0.29, 0.717) is 44.1 Å². The molecule has 0 aromatic carbocycles. The van der Waals surface area contributed by atoms with Gasteiger partial charge in [-0.3, -0.25) is 4.79 Å². The van der Waals surface area contributed by atoms with Crippen molar-refractivity contribution >= 4 is 5.97 Å². The van der Waals surface area contributed by atoms with Gasteiger partial charge in [-0.15, -0.1) is 0 Å². The Bertz CT molecular complexity index is 2110. The molecule has 28 atom stereocenters. The van der Waals surface area contributed by atoms with Crippen molar-refractivity contribution in [2.75, 3.05) is 33.5 Å². The number of hydrogen-bond donors (Lipinski definition) is 12. The van der Waals surface area contributed by atoms with Crippen molar-refractivity contribution in [3.05, 3.63) is 23.8 Å². The van der Waals surface area contributed by atoms with E-state index >= 15 is 0 Å². The molecule has 28 unspecified atom stereocenters. The van der Waals surface area contributed by atoms with E-state index in [9.17, 15) is 66.1 Å². The van der Waals surface area contributed by atoms with Crippen LogP contribution in [0.15, 0.2) is 23.8 Å². The molecule has 8 rings (SSSR count). The summed E-state index contributed by atoms with van der Waals surface area (Å²) in [6.45, 7) is 17.3. The van der Waals surface area contributed by atoms with Gasteiger partial charge in [0.15, 0.2) is 25.2 Å². The summed E-state index contributed by atoms with van der Waals surface area (Å²) in [6, 6.07) is 0. The van der Waals surface area contributed by atoms with Gasteiger partial charge >= 0.3 is 5.97 Å². The van der Waals surface area contributed by atoms with E-state index in [1.165, 1.54) is 26.5 Å². The lowest BCUT2D eigenvalue weighted by atomic mass is 9.40. The average Bonchev–Trinajstić information content (AvgIpc) is 3.75. The Morgan fingerprint density at radius 1 is 0.782 bits per heavy atom. The van der Waals surface area contributed by atoms with Crippen LogP contribution in [0.25, 0.3) is 0 Å². The monoisotopic (exact) mass is 1120 g/mol. The summed E-state index contributed by atoms with van der Waals surface area (Å²) < 4.78 is 59.3. The highest BCUT2D eigenvalue weighted by Gasteiger charge is 2.72. The zero-order valence-electron chi connectivity index (χ0n) is 46.5. The maximum atomic E-state index is 12.7. The van der Waals surface area contributed by atoms with Crippen LogP contribution in [0, 0.1) is 39.4 Å². The molecule has 4 aliphatic heterocycles. The second kappa shape index (κ2) is 23.6. The molecule has 4 aliphatic carbocycles. The molecule has 4 heterocycles. The van der Waals surface area contributed by atoms with E-state index in [1.54, 1.807) is 13.8 Å². The van der Waals surface area contributed by atoms with Crippen molar-refractivity contribution in [2.45, 2.75) is 241 Å². The highest BCUT2D eigenvalue weighted by Crippen LogP contribution is 2.74. The first-order valence-electron chi connectivity index (χ1n) is 27.8. The minimum Gasteiger partial charge on any atom is -0.462 e. The van der Waals surface area contributed by atoms with Crippen molar-refractivity contribution in [3.8, 4) is 0 Å². The molecule has 8 aliphatic rings. The van der Waals surface area contributed by atoms with E-state index in [2.05, 4.69) is 40.3 Å². The van der Waals surface area contributed by atoms with Crippen molar-refractivity contribution in [2.24, 2.45) is 39.4 Å². The molecule has 78 heavy (non-hydrogen) atoms. The SMILES string of the molecule is C=C(C)C(O)CCC(C)(O)C1C(OC(C)=O)CC2(C)C3=CCC4C(C)(C)C(OC5OCC(O)C(O)C5OC5OC(C)C(OC6OC(CO)C(O)C(OC7OCC(O)C(OC)C7O)C6O)C(O)C5O)CCC4(C)C3CCC12CO. The first-order valence-corrected chi connectivity index (χ1v) is 27.8. The summed E-state index contributed by atoms with van der Waals surface area (Å²) in [7, 11) is 1.26. The molecular formula is C55H90O23. The van der Waals surface area contributed by atoms with Crippen LogP contribution in [0.5, 0.6) is 0 Å². The maximum Gasteiger partial charge on any atom is 0.302 e. The third-order valence-electron chi connectivity index (χ3n) is 20.1. The number of esters is 1. The number of aliphatic hydroxyl groups excluding tert-OH is 11. The van der Waals surface area contributed by atoms with E-state index in [1.807, 2.05) is 0 Å². The van der Waals surface area contributed by atoms with Crippen LogP contribution in [0.2, 0.25) is 0 Å². The summed E-state index contributed by atoms with van der Waals surface area (Å²) >= 11 is 0. The number of rotatable bonds is 17. The number of hydrogen-bond acceptors (Lipinski definition) is 23. The molecule has 23 nitrogen and oxygen atoms in total. The Kier molecular flexibility index (Phi) is 18.8. The largest absolute Gasteiger partial charge is 0.462 e. The van der Waals surface area contributed by atoms with Crippen LogP contribution in [-0.2, 0) is 52.2 Å². The summed E-state index contributed by atoms with van der Waals surface area (Å²) in [6.07, 6.45) is -23.1. The fourth-order valence-electron chi connectivity index (χ4n) is 15.8. The normalized spacial score (nSPS) is 49.6. The number of carbonyl (C=O) groups excluding carboxylic acids is 1. The van der Waals surface area contributed by atoms with Crippen LogP contribution in [-0.4, -0.2) is 235 Å². The fraction of sp³-hybridized carbons (Fsp3) is 0.909. The van der Waals surface area contributed by atoms with Crippen molar-refractivity contribution in [1.82, 2.24) is 0 Å². The second-order valence-electron chi connectivity index (χ2n) is 25.2. The Morgan fingerprint density at radius 3 is 2.05 bits per heavy atom. The van der Waals surface area contributed by atoms with Crippen molar-refractivity contribution < 1.29 is 113 Å². The van der Waals surface area contributed by atoms with Crippen LogP contribution >= 0.6 is 0 Å². The molecule has 7 fully saturated rings. The summed E-state index contributed by atoms with van der Waals surface area (Å²) in [5, 5.41) is 134. The predicted molar refractivity (Wildman–Crippen MR) is 270 cm³/mol. The Balaban J connectivity index is 0.961. The summed E-state index contributed by atoms with van der Waals surface area (Å²) in [5.74, 6) is -1.00. The number of methoxy groups -OCH3 is 1. The quantitative estimate of drug-likeness (QED) is 0.0626. The fourth-order valence-corrected chi connectivity index (χ4v) is 15.8. The molecule has 0 aromatic heterocycles. The first kappa shape index (κ1) is 62.2. The van der Waals surface area contributed by atoms with Crippen molar-refractivity contribution in [1.29, 1.82) is 0 Å². The summed E-state index contributed by atoms with van der Waals surface area (Å²) in [4.78, 5) is 12.7. The van der Waals surface area contributed by atoms with Crippen LogP contribution in [0.1, 0.15) is 107 Å². The van der Waals surface area contributed by atoms with E-state index in [-0.39, 0.29) is 49.9 Å². The highest BCUT2D eigenvalue weighted by molar-refractivity contribution is 5.66. The zero-order valence-corrected chi connectivity index (χ0v) is 46.5. The van der Waals surface area contributed by atoms with Gasteiger partial charge in [-0.2, -0.15) is 0 Å². The molecule has 12 N–H and O–H groups in total. The smallest absolute Gasteiger partial charge is 0.302 e. The predicted octanol–water partition coefficient (Wildman–Crippen LogP) is -0.809. The van der Waals surface area contributed by atoms with Crippen molar-refractivity contribution in [3.63, 3.8) is 0 Å². The molecule has 3 saturated carbocycles. The maximum absolute atomic E-state index is 12.7. The van der Waals surface area contributed by atoms with Gasteiger partial charge in [-0.25, -0.2) is 0 Å². The number of allylic oxidation sites excluding steroid dienone is 2. The number of carbonyl (C=O) groups is 1. The van der Waals surface area contributed by atoms with Gasteiger partial charge in [-0.05, 0) is 94.8 Å². The van der Waals surface area contributed by atoms with E-state index in [0.717, 1.165) is 0 Å². The summed E-state index contributed by atoms with van der Waals surface area (Å²) in [5.41, 5.74) is -1.98. The third-order valence-corrected chi connectivity index (χ3v) is 20.1. The van der Waals surface area contributed by atoms with Crippen LogP contribution in [0.3, 0.4) is 0 Å². The Morgan fingerprint density at radius 2 is 1.41 bits per heavy atom. The van der Waals surface area contributed by atoms with Gasteiger partial charge in [0.1, 0.15) is 85.5 Å². The Labute approximate surface area is 456 Å². The van der Waals surface area contributed by atoms with Gasteiger partial charge in [0.2, 0.25) is 0 Å². The van der Waals surface area contributed by atoms with Gasteiger partial charge in [0, 0.05) is 30.8 Å². The van der Waals surface area contributed by atoms with E-state index < -0.39 is 169 Å². The zero-order chi connectivity index (χ0) is 57.4. The topological polar surface area (TPSA) is 352 Å². The first-order chi connectivity index (χ1) is 36.5. The number of ether oxygens (including phenoxy) is 10. The third kappa shape index (κ3) is 11.0. The minimum atomic E-state index is -1.88. The molecule has 0 bridgehead atoms. The lowest BCUT2D eigenvalue weighted by molar-refractivity contribution is -0.387. The van der Waals surface area contributed by atoms with Crippen LogP contribution < -0.4 is 0 Å². The molecule has 448 valence electrons.